The summed E-state index contributed by atoms with van der Waals surface area (Å²) in [6.07, 6.45) is 0. The first-order valence-electron chi connectivity index (χ1n) is 4.22. The van der Waals surface area contributed by atoms with E-state index in [-0.39, 0.29) is 16.2 Å². The van der Waals surface area contributed by atoms with Gasteiger partial charge < -0.3 is 0 Å². The zero-order valence-corrected chi connectivity index (χ0v) is 10.2. The summed E-state index contributed by atoms with van der Waals surface area (Å²) in [5, 5.41) is 0.0413. The molecular weight excluding hydrogens is 260 g/mol. The summed E-state index contributed by atoms with van der Waals surface area (Å²) >= 11 is 0. The van der Waals surface area contributed by atoms with E-state index in [0.29, 0.717) is 7.18 Å². The molecule has 0 saturated carbocycles. The maximum Gasteiger partial charge on any atom is 0.318 e. The lowest BCUT2D eigenvalue weighted by Crippen LogP contribution is -2.34. The first-order valence-corrected chi connectivity index (χ1v) is 5.80. The van der Waals surface area contributed by atoms with Gasteiger partial charge >= 0.3 is 10.1 Å². The van der Waals surface area contributed by atoms with E-state index in [9.17, 15) is 26.8 Å². The molecule has 0 aromatic carbocycles. The molecule has 0 N–H and O–H groups in total. The third kappa shape index (κ3) is 3.30. The second kappa shape index (κ2) is 5.82. The van der Waals surface area contributed by atoms with Gasteiger partial charge in [0, 0.05) is 11.1 Å². The number of carbonyl (C=O) groups is 2. The van der Waals surface area contributed by atoms with E-state index in [1.54, 1.807) is 0 Å². The van der Waals surface area contributed by atoms with Crippen molar-refractivity contribution in [2.24, 2.45) is 0 Å². The fourth-order valence-electron chi connectivity index (χ4n) is 0.919. The second-order valence-electron chi connectivity index (χ2n) is 2.90. The van der Waals surface area contributed by atoms with Gasteiger partial charge in [0.2, 0.25) is 6.01 Å². The van der Waals surface area contributed by atoms with E-state index in [0.717, 1.165) is 0 Å². The van der Waals surface area contributed by atoms with Crippen molar-refractivity contribution in [1.82, 2.24) is 5.06 Å². The molecule has 0 aromatic rings. The third-order valence-electron chi connectivity index (χ3n) is 1.89. The summed E-state index contributed by atoms with van der Waals surface area (Å²) in [5.41, 5.74) is 0.156. The lowest BCUT2D eigenvalue weighted by atomic mass is 10.2. The van der Waals surface area contributed by atoms with Gasteiger partial charge in [-0.2, -0.15) is 8.42 Å². The van der Waals surface area contributed by atoms with Gasteiger partial charge in [0.25, 0.3) is 11.8 Å². The Morgan fingerprint density at radius 1 is 1.12 bits per heavy atom. The van der Waals surface area contributed by atoms with Crippen LogP contribution in [0.1, 0.15) is 13.8 Å². The molecule has 0 saturated heterocycles. The van der Waals surface area contributed by atoms with Gasteiger partial charge in [0.05, 0.1) is 7.18 Å². The quantitative estimate of drug-likeness (QED) is 0.697. The van der Waals surface area contributed by atoms with Crippen molar-refractivity contribution in [3.05, 3.63) is 11.1 Å². The van der Waals surface area contributed by atoms with Crippen molar-refractivity contribution in [2.45, 2.75) is 13.8 Å². The zero-order valence-electron chi connectivity index (χ0n) is 9.36. The van der Waals surface area contributed by atoms with Crippen molar-refractivity contribution in [2.75, 3.05) is 13.2 Å². The molecule has 0 unspecified atom stereocenters. The Hall–Kier alpha value is -1.35. The van der Waals surface area contributed by atoms with Crippen LogP contribution in [0.3, 0.4) is 0 Å². The number of imide groups is 1. The number of rotatable bonds is 3. The first kappa shape index (κ1) is 15.7. The Balaban J connectivity index is 0.00000121. The SMILES string of the molecule is CC1=C(C)C(=O)N(OS(=O)(=O)CF)C1=O.CF. The molecule has 6 nitrogen and oxygen atoms in total. The molecule has 2 amide bonds. The summed E-state index contributed by atoms with van der Waals surface area (Å²) in [7, 11) is -4.02. The van der Waals surface area contributed by atoms with E-state index < -0.39 is 27.9 Å². The largest absolute Gasteiger partial charge is 0.318 e. The zero-order chi connectivity index (χ0) is 13.8. The van der Waals surface area contributed by atoms with E-state index in [2.05, 4.69) is 4.28 Å². The van der Waals surface area contributed by atoms with Gasteiger partial charge in [-0.3, -0.25) is 14.0 Å². The highest BCUT2D eigenvalue weighted by molar-refractivity contribution is 7.86. The van der Waals surface area contributed by atoms with E-state index in [1.807, 2.05) is 0 Å². The topological polar surface area (TPSA) is 80.8 Å². The molecule has 1 rings (SSSR count). The van der Waals surface area contributed by atoms with E-state index >= 15 is 0 Å². The predicted octanol–water partition coefficient (Wildman–Crippen LogP) is 0.466. The van der Waals surface area contributed by atoms with Crippen molar-refractivity contribution in [1.29, 1.82) is 0 Å². The maximum atomic E-state index is 11.9. The van der Waals surface area contributed by atoms with Crippen molar-refractivity contribution in [3.8, 4) is 0 Å². The lowest BCUT2D eigenvalue weighted by molar-refractivity contribution is -0.162. The molecule has 0 radical (unpaired) electrons. The van der Waals surface area contributed by atoms with Crippen LogP contribution in [0.4, 0.5) is 8.78 Å². The monoisotopic (exact) mass is 271 g/mol. The van der Waals surface area contributed by atoms with Gasteiger partial charge in [-0.25, -0.2) is 4.39 Å². The minimum atomic E-state index is -4.52. The number of hydrogen-bond acceptors (Lipinski definition) is 5. The number of alkyl halides is 2. The maximum absolute atomic E-state index is 11.9. The van der Waals surface area contributed by atoms with Crippen LogP contribution in [0.25, 0.3) is 0 Å². The van der Waals surface area contributed by atoms with Crippen LogP contribution in [0.2, 0.25) is 0 Å². The summed E-state index contributed by atoms with van der Waals surface area (Å²) in [6.45, 7) is 2.70. The number of amides is 2. The minimum absolute atomic E-state index is 0.0413. The summed E-state index contributed by atoms with van der Waals surface area (Å²) < 4.78 is 46.8. The van der Waals surface area contributed by atoms with Crippen LogP contribution >= 0.6 is 0 Å². The molecular formula is C8H11F2NO5S. The molecule has 9 heteroatoms. The average Bonchev–Trinajstić information content (AvgIpc) is 2.49. The van der Waals surface area contributed by atoms with Gasteiger partial charge in [-0.1, -0.05) is 0 Å². The number of halogens is 2. The van der Waals surface area contributed by atoms with Gasteiger partial charge in [0.1, 0.15) is 0 Å². The summed E-state index contributed by atoms with van der Waals surface area (Å²) in [5.74, 6) is -1.79. The molecule has 0 bridgehead atoms. The summed E-state index contributed by atoms with van der Waals surface area (Å²) in [6, 6.07) is -1.80. The van der Waals surface area contributed by atoms with Crippen LogP contribution in [-0.2, 0) is 24.0 Å². The van der Waals surface area contributed by atoms with Crippen LogP contribution in [0.5, 0.6) is 0 Å². The lowest BCUT2D eigenvalue weighted by Gasteiger charge is -2.11. The van der Waals surface area contributed by atoms with E-state index in [1.165, 1.54) is 13.8 Å². The fraction of sp³-hybridized carbons (Fsp3) is 0.500. The predicted molar refractivity (Wildman–Crippen MR) is 53.2 cm³/mol. The molecule has 0 atom stereocenters. The minimum Gasteiger partial charge on any atom is -0.267 e. The molecule has 17 heavy (non-hydrogen) atoms. The number of carbonyl (C=O) groups excluding carboxylic acids is 2. The number of hydroxylamine groups is 2. The van der Waals surface area contributed by atoms with Crippen LogP contribution in [0.15, 0.2) is 11.1 Å². The molecule has 1 aliphatic rings. The Kier molecular flexibility index (Phi) is 5.36. The van der Waals surface area contributed by atoms with Crippen molar-refractivity contribution in [3.63, 3.8) is 0 Å². The first-order chi connectivity index (χ1) is 7.80. The van der Waals surface area contributed by atoms with Gasteiger partial charge in [0.15, 0.2) is 0 Å². The van der Waals surface area contributed by atoms with Crippen molar-refractivity contribution >= 4 is 21.9 Å². The third-order valence-corrected chi connectivity index (χ3v) is 2.54. The molecule has 0 aromatic heterocycles. The number of nitrogens with zero attached hydrogens (tertiary/aromatic N) is 1. The smallest absolute Gasteiger partial charge is 0.267 e. The van der Waals surface area contributed by atoms with Gasteiger partial charge in [-0.05, 0) is 13.8 Å². The highest BCUT2D eigenvalue weighted by Gasteiger charge is 2.37. The Bertz CT molecular complexity index is 433. The molecule has 98 valence electrons. The Morgan fingerprint density at radius 3 is 1.76 bits per heavy atom. The fourth-order valence-corrected chi connectivity index (χ4v) is 1.32. The number of hydrogen-bond donors (Lipinski definition) is 0. The van der Waals surface area contributed by atoms with Crippen LogP contribution in [-0.4, -0.2) is 38.5 Å². The molecule has 0 aliphatic carbocycles. The Morgan fingerprint density at radius 2 is 1.47 bits per heavy atom. The molecule has 0 spiro atoms. The molecule has 1 aliphatic heterocycles. The normalized spacial score (nSPS) is 16.2. The van der Waals surface area contributed by atoms with Crippen molar-refractivity contribution < 1.29 is 31.1 Å². The summed E-state index contributed by atoms with van der Waals surface area (Å²) in [4.78, 5) is 22.5. The highest BCUT2D eigenvalue weighted by atomic mass is 32.2. The van der Waals surface area contributed by atoms with E-state index in [4.69, 9.17) is 0 Å². The average molecular weight is 271 g/mol. The molecule has 0 fully saturated rings. The molecule has 1 heterocycles. The Labute approximate surface area is 96.9 Å². The standard InChI is InChI=1S/C7H8FNO5S.CH3F/c1-4-5(2)7(11)9(6(4)10)14-15(12,13)3-8;1-2/h3H2,1-2H3;1H3. The van der Waals surface area contributed by atoms with Crippen LogP contribution < -0.4 is 0 Å². The second-order valence-corrected chi connectivity index (χ2v) is 4.38. The van der Waals surface area contributed by atoms with Crippen LogP contribution in [0, 0.1) is 0 Å². The van der Waals surface area contributed by atoms with Gasteiger partial charge in [-0.15, -0.1) is 9.35 Å². The highest BCUT2D eigenvalue weighted by Crippen LogP contribution is 2.21.